The van der Waals surface area contributed by atoms with Crippen molar-refractivity contribution < 1.29 is 31.2 Å². The highest BCUT2D eigenvalue weighted by molar-refractivity contribution is 7.12. The molecular weight excluding hydrogens is 516 g/mol. The Labute approximate surface area is 239 Å². The van der Waals surface area contributed by atoms with E-state index in [0.717, 1.165) is 28.2 Å². The predicted molar refractivity (Wildman–Crippen MR) is 154 cm³/mol. The summed E-state index contributed by atoms with van der Waals surface area (Å²) in [5, 5.41) is 6.24. The number of anilines is 1. The first-order valence-electron chi connectivity index (χ1n) is 13.7. The van der Waals surface area contributed by atoms with Crippen LogP contribution in [0, 0.1) is 0 Å². The Balaban J connectivity index is 0.00000507. The first-order valence-corrected chi connectivity index (χ1v) is 14.6. The third-order valence-electron chi connectivity index (χ3n) is 6.53. The van der Waals surface area contributed by atoms with Crippen LogP contribution < -0.4 is 31.8 Å². The molecular formula is C31H43ClN2O3S. The average molecular weight is 559 g/mol. The maximum Gasteiger partial charge on any atom is 0.268 e. The molecule has 0 saturated heterocycles. The number of hydrogen-bond donors (Lipinski definition) is 1. The van der Waals surface area contributed by atoms with Gasteiger partial charge in [0.05, 0.1) is 31.1 Å². The number of aromatic nitrogens is 1. The minimum atomic E-state index is -0.0569. The van der Waals surface area contributed by atoms with Crippen LogP contribution >= 0.6 is 11.3 Å². The summed E-state index contributed by atoms with van der Waals surface area (Å²) in [6.07, 6.45) is 15.3. The number of thiazole rings is 1. The maximum atomic E-state index is 12.8. The van der Waals surface area contributed by atoms with E-state index in [2.05, 4.69) is 28.3 Å². The van der Waals surface area contributed by atoms with Crippen LogP contribution in [-0.4, -0.2) is 19.6 Å². The highest BCUT2D eigenvalue weighted by Gasteiger charge is 2.13. The summed E-state index contributed by atoms with van der Waals surface area (Å²) < 4.78 is 13.6. The highest BCUT2D eigenvalue weighted by atomic mass is 35.5. The number of rotatable bonds is 17. The summed E-state index contributed by atoms with van der Waals surface area (Å²) >= 11 is 1.68. The zero-order valence-electron chi connectivity index (χ0n) is 23.1. The molecule has 0 radical (unpaired) electrons. The SMILES string of the molecule is CCCCCCCCCCCCOc1cc(CC(=O)Nc2cccc(-c3scc[n+]3C)c2)ccc1OC.[Cl-]. The number of nitrogens with one attached hydrogen (secondary N) is 1. The maximum absolute atomic E-state index is 12.8. The first kappa shape index (κ1) is 31.6. The summed E-state index contributed by atoms with van der Waals surface area (Å²) in [7, 11) is 3.67. The van der Waals surface area contributed by atoms with Crippen LogP contribution in [0.3, 0.4) is 0 Å². The van der Waals surface area contributed by atoms with Gasteiger partial charge in [0.1, 0.15) is 7.05 Å². The molecule has 1 aromatic heterocycles. The minimum Gasteiger partial charge on any atom is -1.00 e. The Morgan fingerprint density at radius 2 is 1.63 bits per heavy atom. The number of hydrogen-bond acceptors (Lipinski definition) is 4. The van der Waals surface area contributed by atoms with Gasteiger partial charge in [-0.1, -0.05) is 88.2 Å². The number of amides is 1. The number of nitrogens with zero attached hydrogens (tertiary/aromatic N) is 1. The lowest BCUT2D eigenvalue weighted by molar-refractivity contribution is -0.655. The second-order valence-corrected chi connectivity index (χ2v) is 10.5. The molecule has 0 unspecified atom stereocenters. The quantitative estimate of drug-likeness (QED) is 0.192. The fourth-order valence-electron chi connectivity index (χ4n) is 4.44. The molecule has 0 aliphatic rings. The number of carbonyl (C=O) groups excluding carboxylic acids is 1. The molecule has 3 rings (SSSR count). The Bertz CT molecular complexity index is 1100. The van der Waals surface area contributed by atoms with E-state index >= 15 is 0 Å². The lowest BCUT2D eigenvalue weighted by Crippen LogP contribution is -3.00. The van der Waals surface area contributed by atoms with Crippen molar-refractivity contribution in [3.05, 3.63) is 59.6 Å². The highest BCUT2D eigenvalue weighted by Crippen LogP contribution is 2.29. The minimum absolute atomic E-state index is 0. The first-order chi connectivity index (χ1) is 18.1. The zero-order valence-corrected chi connectivity index (χ0v) is 24.7. The molecule has 3 aromatic rings. The summed E-state index contributed by atoms with van der Waals surface area (Å²) in [5.74, 6) is 1.35. The largest absolute Gasteiger partial charge is 1.00 e. The van der Waals surface area contributed by atoms with E-state index in [1.54, 1.807) is 18.4 Å². The number of methoxy groups -OCH3 is 1. The van der Waals surface area contributed by atoms with Crippen LogP contribution in [0.25, 0.3) is 10.6 Å². The smallest absolute Gasteiger partial charge is 0.268 e. The van der Waals surface area contributed by atoms with Gasteiger partial charge in [0, 0.05) is 5.69 Å². The number of aryl methyl sites for hydroxylation is 1. The van der Waals surface area contributed by atoms with E-state index in [9.17, 15) is 4.79 Å². The fraction of sp³-hybridized carbons (Fsp3) is 0.484. The molecule has 208 valence electrons. The van der Waals surface area contributed by atoms with Gasteiger partial charge in [0.25, 0.3) is 5.01 Å². The molecule has 2 aromatic carbocycles. The molecule has 1 N–H and O–H groups in total. The molecule has 38 heavy (non-hydrogen) atoms. The van der Waals surface area contributed by atoms with Crippen molar-refractivity contribution in [2.24, 2.45) is 7.05 Å². The third kappa shape index (κ3) is 10.7. The molecule has 7 heteroatoms. The van der Waals surface area contributed by atoms with Crippen molar-refractivity contribution in [3.63, 3.8) is 0 Å². The number of carbonyl (C=O) groups is 1. The van der Waals surface area contributed by atoms with Crippen molar-refractivity contribution in [2.75, 3.05) is 19.0 Å². The molecule has 0 fully saturated rings. The standard InChI is InChI=1S/C31H42N2O3S.ClH/c1-4-5-6-7-8-9-10-11-12-13-20-36-29-22-25(17-18-28(29)35-3)23-30(34)32-27-16-14-15-26(24-27)31-33(2)19-21-37-31;/h14-19,21-22,24H,4-13,20,23H2,1-3H3;1H. The van der Waals surface area contributed by atoms with Crippen molar-refractivity contribution in [3.8, 4) is 22.1 Å². The molecule has 1 amide bonds. The van der Waals surface area contributed by atoms with Crippen molar-refractivity contribution in [2.45, 2.75) is 77.6 Å². The van der Waals surface area contributed by atoms with Gasteiger partial charge < -0.3 is 27.2 Å². The Morgan fingerprint density at radius 3 is 2.29 bits per heavy atom. The molecule has 0 aliphatic carbocycles. The van der Waals surface area contributed by atoms with Gasteiger partial charge >= 0.3 is 0 Å². The average Bonchev–Trinajstić information content (AvgIpc) is 3.33. The van der Waals surface area contributed by atoms with E-state index < -0.39 is 0 Å². The topological polar surface area (TPSA) is 51.4 Å². The molecule has 0 spiro atoms. The van der Waals surface area contributed by atoms with Crippen LogP contribution in [0.1, 0.15) is 76.7 Å². The number of halogens is 1. The second-order valence-electron chi connectivity index (χ2n) is 9.64. The van der Waals surface area contributed by atoms with Crippen LogP contribution in [0.5, 0.6) is 11.5 Å². The Morgan fingerprint density at radius 1 is 0.921 bits per heavy atom. The fourth-order valence-corrected chi connectivity index (χ4v) is 5.31. The van der Waals surface area contributed by atoms with Crippen molar-refractivity contribution >= 4 is 22.9 Å². The van der Waals surface area contributed by atoms with Crippen molar-refractivity contribution in [1.29, 1.82) is 0 Å². The lowest BCUT2D eigenvalue weighted by atomic mass is 10.1. The molecule has 5 nitrogen and oxygen atoms in total. The van der Waals surface area contributed by atoms with Gasteiger partial charge in [-0.15, -0.1) is 0 Å². The van der Waals surface area contributed by atoms with E-state index in [0.29, 0.717) is 18.1 Å². The number of unbranched alkanes of at least 4 members (excludes halogenated alkanes) is 9. The van der Waals surface area contributed by atoms with Crippen LogP contribution in [0.4, 0.5) is 5.69 Å². The van der Waals surface area contributed by atoms with Gasteiger partial charge in [-0.3, -0.25) is 4.79 Å². The third-order valence-corrected chi connectivity index (χ3v) is 7.53. The number of benzene rings is 2. The predicted octanol–water partition coefficient (Wildman–Crippen LogP) is 4.73. The van der Waals surface area contributed by atoms with Gasteiger partial charge in [-0.05, 0) is 42.3 Å². The van der Waals surface area contributed by atoms with Gasteiger partial charge in [-0.25, -0.2) is 0 Å². The Kier molecular flexibility index (Phi) is 14.9. The van der Waals surface area contributed by atoms with Crippen molar-refractivity contribution in [1.82, 2.24) is 0 Å². The van der Waals surface area contributed by atoms with Gasteiger partial charge in [0.2, 0.25) is 5.91 Å². The summed E-state index contributed by atoms with van der Waals surface area (Å²) in [4.78, 5) is 12.8. The molecule has 0 bridgehead atoms. The van der Waals surface area contributed by atoms with Crippen LogP contribution in [-0.2, 0) is 18.3 Å². The summed E-state index contributed by atoms with van der Waals surface area (Å²) in [5.41, 5.74) is 2.78. The van der Waals surface area contributed by atoms with E-state index in [1.165, 1.54) is 57.8 Å². The zero-order chi connectivity index (χ0) is 26.3. The monoisotopic (exact) mass is 558 g/mol. The van der Waals surface area contributed by atoms with E-state index in [-0.39, 0.29) is 24.7 Å². The summed E-state index contributed by atoms with van der Waals surface area (Å²) in [6, 6.07) is 13.7. The normalized spacial score (nSPS) is 10.6. The lowest BCUT2D eigenvalue weighted by Gasteiger charge is -2.13. The van der Waals surface area contributed by atoms with Gasteiger partial charge in [-0.2, -0.15) is 4.57 Å². The van der Waals surface area contributed by atoms with E-state index in [4.69, 9.17) is 9.47 Å². The van der Waals surface area contributed by atoms with Crippen LogP contribution in [0.15, 0.2) is 54.0 Å². The molecule has 0 atom stereocenters. The Hall–Kier alpha value is -2.57. The molecule has 1 heterocycles. The number of ether oxygens (including phenoxy) is 2. The summed E-state index contributed by atoms with van der Waals surface area (Å²) in [6.45, 7) is 2.92. The van der Waals surface area contributed by atoms with Crippen LogP contribution in [0.2, 0.25) is 0 Å². The van der Waals surface area contributed by atoms with E-state index in [1.807, 2.05) is 49.6 Å². The molecule has 0 saturated carbocycles. The molecule has 0 aliphatic heterocycles. The second kappa shape index (κ2) is 17.8. The van der Waals surface area contributed by atoms with Gasteiger partial charge in [0.15, 0.2) is 17.7 Å².